The van der Waals surface area contributed by atoms with Gasteiger partial charge in [0.05, 0.1) is 10.5 Å². The lowest BCUT2D eigenvalue weighted by Gasteiger charge is -2.06. The number of carboxylic acid groups (broad SMARTS) is 1. The molecule has 0 aliphatic heterocycles. The molecule has 0 heterocycles. The average molecular weight is 312 g/mol. The van der Waals surface area contributed by atoms with Gasteiger partial charge in [-0.3, -0.25) is 14.9 Å². The van der Waals surface area contributed by atoms with E-state index >= 15 is 0 Å². The van der Waals surface area contributed by atoms with E-state index < -0.39 is 22.5 Å². The molecular formula is C13H16N2O5S. The molecule has 8 heteroatoms. The van der Waals surface area contributed by atoms with Crippen LogP contribution in [0.4, 0.5) is 5.69 Å². The van der Waals surface area contributed by atoms with Crippen molar-refractivity contribution in [2.45, 2.75) is 13.3 Å². The van der Waals surface area contributed by atoms with Crippen LogP contribution in [0.5, 0.6) is 0 Å². The summed E-state index contributed by atoms with van der Waals surface area (Å²) in [5, 5.41) is 22.3. The highest BCUT2D eigenvalue weighted by atomic mass is 32.2. The van der Waals surface area contributed by atoms with E-state index in [2.05, 4.69) is 5.32 Å². The minimum absolute atomic E-state index is 0.0234. The highest BCUT2D eigenvalue weighted by molar-refractivity contribution is 7.99. The van der Waals surface area contributed by atoms with Gasteiger partial charge in [0, 0.05) is 24.2 Å². The van der Waals surface area contributed by atoms with Gasteiger partial charge in [-0.15, -0.1) is 0 Å². The second-order valence-electron chi connectivity index (χ2n) is 4.14. The van der Waals surface area contributed by atoms with Crippen LogP contribution in [0, 0.1) is 10.1 Å². The number of nitrogens with one attached hydrogen (secondary N) is 1. The number of hydrogen-bond donors (Lipinski definition) is 2. The third kappa shape index (κ3) is 5.42. The number of carbonyl (C=O) groups is 2. The van der Waals surface area contributed by atoms with Gasteiger partial charge in [-0.2, -0.15) is 11.8 Å². The molecule has 0 unspecified atom stereocenters. The zero-order chi connectivity index (χ0) is 15.8. The van der Waals surface area contributed by atoms with Crippen LogP contribution < -0.4 is 5.32 Å². The molecule has 0 spiro atoms. The summed E-state index contributed by atoms with van der Waals surface area (Å²) in [5.74, 6) is 0.0853. The fourth-order valence-corrected chi connectivity index (χ4v) is 2.23. The molecule has 1 aromatic rings. The molecule has 7 nitrogen and oxygen atoms in total. The number of carbonyl (C=O) groups excluding carboxylic acids is 1. The summed E-state index contributed by atoms with van der Waals surface area (Å²) < 4.78 is 0. The number of nitro benzene ring substituents is 1. The molecule has 1 rings (SSSR count). The van der Waals surface area contributed by atoms with Gasteiger partial charge in [0.25, 0.3) is 11.6 Å². The normalized spacial score (nSPS) is 10.1. The summed E-state index contributed by atoms with van der Waals surface area (Å²) in [6.07, 6.45) is 0.783. The largest absolute Gasteiger partial charge is 0.478 e. The molecule has 114 valence electrons. The minimum atomic E-state index is -1.31. The number of nitrogens with zero attached hydrogens (tertiary/aromatic N) is 1. The molecule has 0 aliphatic rings. The molecule has 0 saturated carbocycles. The topological polar surface area (TPSA) is 110 Å². The van der Waals surface area contributed by atoms with E-state index in [0.717, 1.165) is 36.1 Å². The number of carboxylic acids is 1. The lowest BCUT2D eigenvalue weighted by Crippen LogP contribution is -2.25. The number of hydrogen-bond acceptors (Lipinski definition) is 5. The maximum atomic E-state index is 11.9. The van der Waals surface area contributed by atoms with Gasteiger partial charge in [-0.25, -0.2) is 4.79 Å². The Kier molecular flexibility index (Phi) is 6.67. The second kappa shape index (κ2) is 8.25. The van der Waals surface area contributed by atoms with Gasteiger partial charge >= 0.3 is 5.97 Å². The Bertz CT molecular complexity index is 515. The zero-order valence-corrected chi connectivity index (χ0v) is 12.3. The highest BCUT2D eigenvalue weighted by Gasteiger charge is 2.17. The second-order valence-corrected chi connectivity index (χ2v) is 5.53. The van der Waals surface area contributed by atoms with Crippen molar-refractivity contribution in [3.05, 3.63) is 39.4 Å². The molecule has 2 N–H and O–H groups in total. The van der Waals surface area contributed by atoms with Crippen LogP contribution in [0.2, 0.25) is 0 Å². The van der Waals surface area contributed by atoms with Crippen molar-refractivity contribution in [2.75, 3.05) is 18.1 Å². The first-order chi connectivity index (χ1) is 9.95. The van der Waals surface area contributed by atoms with Crippen LogP contribution in [-0.2, 0) is 0 Å². The van der Waals surface area contributed by atoms with Crippen LogP contribution >= 0.6 is 11.8 Å². The summed E-state index contributed by atoms with van der Waals surface area (Å²) in [6.45, 7) is 2.48. The molecule has 0 aromatic heterocycles. The summed E-state index contributed by atoms with van der Waals surface area (Å²) >= 11 is 1.75. The average Bonchev–Trinajstić information content (AvgIpc) is 2.46. The van der Waals surface area contributed by atoms with Crippen molar-refractivity contribution in [3.8, 4) is 0 Å². The lowest BCUT2D eigenvalue weighted by atomic mass is 10.1. The molecule has 0 aliphatic carbocycles. The number of rotatable bonds is 8. The molecule has 0 fully saturated rings. The fraction of sp³-hybridized carbons (Fsp3) is 0.385. The third-order valence-electron chi connectivity index (χ3n) is 2.59. The van der Waals surface area contributed by atoms with E-state index in [1.807, 2.05) is 6.92 Å². The maximum absolute atomic E-state index is 11.9. The predicted molar refractivity (Wildman–Crippen MR) is 80.0 cm³/mol. The number of nitro groups is 1. The summed E-state index contributed by atoms with van der Waals surface area (Å²) in [5.41, 5.74) is -0.720. The Balaban J connectivity index is 2.78. The van der Waals surface area contributed by atoms with Crippen molar-refractivity contribution >= 4 is 29.3 Å². The monoisotopic (exact) mass is 312 g/mol. The van der Waals surface area contributed by atoms with Crippen LogP contribution in [0.15, 0.2) is 18.2 Å². The molecule has 1 aromatic carbocycles. The van der Waals surface area contributed by atoms with Crippen molar-refractivity contribution in [1.82, 2.24) is 5.32 Å². The molecule has 0 bridgehead atoms. The molecular weight excluding hydrogens is 296 g/mol. The van der Waals surface area contributed by atoms with Crippen molar-refractivity contribution < 1.29 is 19.6 Å². The number of amides is 1. The van der Waals surface area contributed by atoms with Crippen molar-refractivity contribution in [3.63, 3.8) is 0 Å². The van der Waals surface area contributed by atoms with Crippen LogP contribution in [-0.4, -0.2) is 40.0 Å². The Hall–Kier alpha value is -2.09. The Morgan fingerprint density at radius 3 is 2.57 bits per heavy atom. The van der Waals surface area contributed by atoms with E-state index in [4.69, 9.17) is 5.11 Å². The van der Waals surface area contributed by atoms with Gasteiger partial charge in [0.1, 0.15) is 0 Å². The Morgan fingerprint density at radius 2 is 2.00 bits per heavy atom. The van der Waals surface area contributed by atoms with Gasteiger partial charge in [0.2, 0.25) is 0 Å². The van der Waals surface area contributed by atoms with Crippen molar-refractivity contribution in [1.29, 1.82) is 0 Å². The van der Waals surface area contributed by atoms with Crippen LogP contribution in [0.3, 0.4) is 0 Å². The third-order valence-corrected chi connectivity index (χ3v) is 3.58. The first-order valence-electron chi connectivity index (χ1n) is 6.34. The van der Waals surface area contributed by atoms with Gasteiger partial charge in [0.15, 0.2) is 0 Å². The van der Waals surface area contributed by atoms with E-state index in [1.54, 1.807) is 11.8 Å². The van der Waals surface area contributed by atoms with E-state index in [9.17, 15) is 19.7 Å². The lowest BCUT2D eigenvalue weighted by molar-refractivity contribution is -0.384. The smallest absolute Gasteiger partial charge is 0.335 e. The van der Waals surface area contributed by atoms with Crippen LogP contribution in [0.25, 0.3) is 0 Å². The summed E-state index contributed by atoms with van der Waals surface area (Å²) in [7, 11) is 0. The van der Waals surface area contributed by atoms with Crippen LogP contribution in [0.1, 0.15) is 34.1 Å². The van der Waals surface area contributed by atoms with E-state index in [0.29, 0.717) is 6.54 Å². The summed E-state index contributed by atoms with van der Waals surface area (Å²) in [4.78, 5) is 32.9. The molecule has 1 amide bonds. The number of non-ortho nitro benzene ring substituents is 1. The zero-order valence-electron chi connectivity index (χ0n) is 11.5. The molecule has 0 saturated heterocycles. The Morgan fingerprint density at radius 1 is 1.33 bits per heavy atom. The SMILES string of the molecule is CCSCCCNC(=O)c1cc(C(=O)O)cc([N+](=O)[O-])c1. The maximum Gasteiger partial charge on any atom is 0.335 e. The number of benzene rings is 1. The standard InChI is InChI=1S/C13H16N2O5S/c1-2-21-5-3-4-14-12(16)9-6-10(13(17)18)8-11(7-9)15(19)20/h6-8H,2-5H2,1H3,(H,14,16)(H,17,18). The van der Waals surface area contributed by atoms with Gasteiger partial charge in [-0.1, -0.05) is 6.92 Å². The molecule has 0 radical (unpaired) electrons. The minimum Gasteiger partial charge on any atom is -0.478 e. The number of thioether (sulfide) groups is 1. The first kappa shape index (κ1) is 17.0. The highest BCUT2D eigenvalue weighted by Crippen LogP contribution is 2.17. The Labute approximate surface area is 125 Å². The van der Waals surface area contributed by atoms with Gasteiger partial charge in [-0.05, 0) is 24.0 Å². The quantitative estimate of drug-likeness (QED) is 0.432. The summed E-state index contributed by atoms with van der Waals surface area (Å²) in [6, 6.07) is 3.13. The molecule has 21 heavy (non-hydrogen) atoms. The van der Waals surface area contributed by atoms with Crippen molar-refractivity contribution in [2.24, 2.45) is 0 Å². The van der Waals surface area contributed by atoms with E-state index in [1.165, 1.54) is 0 Å². The van der Waals surface area contributed by atoms with E-state index in [-0.39, 0.29) is 11.1 Å². The molecule has 0 atom stereocenters. The van der Waals surface area contributed by atoms with Gasteiger partial charge < -0.3 is 10.4 Å². The predicted octanol–water partition coefficient (Wildman–Crippen LogP) is 2.17. The first-order valence-corrected chi connectivity index (χ1v) is 7.50. The fourth-order valence-electron chi connectivity index (χ4n) is 1.59. The number of aromatic carboxylic acids is 1.